The summed E-state index contributed by atoms with van der Waals surface area (Å²) in [5, 5.41) is 10.5. The number of hydrogen-bond acceptors (Lipinski definition) is 3. The van der Waals surface area contributed by atoms with Crippen molar-refractivity contribution in [1.82, 2.24) is 0 Å². The number of ketones is 1. The van der Waals surface area contributed by atoms with Crippen LogP contribution in [-0.2, 0) is 9.53 Å². The van der Waals surface area contributed by atoms with E-state index in [-0.39, 0.29) is 28.8 Å². The minimum absolute atomic E-state index is 0.170. The highest BCUT2D eigenvalue weighted by Crippen LogP contribution is 2.62. The smallest absolute Gasteiger partial charge is 0.165 e. The van der Waals surface area contributed by atoms with Gasteiger partial charge in [0.15, 0.2) is 5.78 Å². The monoisotopic (exact) mass is 250 g/mol. The number of allylic oxidation sites excluding steroid dienone is 1. The Labute approximate surface area is 108 Å². The number of ether oxygens (including phenoxy) is 1. The van der Waals surface area contributed by atoms with Crippen LogP contribution in [0.15, 0.2) is 12.2 Å². The lowest BCUT2D eigenvalue weighted by molar-refractivity contribution is -0.135. The molecular formula is C15H22O3. The molecule has 18 heavy (non-hydrogen) atoms. The van der Waals surface area contributed by atoms with Gasteiger partial charge in [0, 0.05) is 11.8 Å². The van der Waals surface area contributed by atoms with Crippen LogP contribution in [0.1, 0.15) is 40.0 Å². The molecule has 2 saturated carbocycles. The quantitative estimate of drug-likeness (QED) is 0.572. The van der Waals surface area contributed by atoms with Crippen LogP contribution < -0.4 is 0 Å². The molecule has 3 aliphatic rings. The second-order valence-electron chi connectivity index (χ2n) is 6.91. The van der Waals surface area contributed by atoms with E-state index in [9.17, 15) is 9.90 Å². The first-order chi connectivity index (χ1) is 8.29. The zero-order valence-electron chi connectivity index (χ0n) is 11.4. The predicted octanol–water partition coefficient (Wildman–Crippen LogP) is 2.09. The van der Waals surface area contributed by atoms with Gasteiger partial charge in [-0.25, -0.2) is 0 Å². The highest BCUT2D eigenvalue weighted by Gasteiger charge is 2.71. The molecule has 0 bridgehead atoms. The van der Waals surface area contributed by atoms with Crippen molar-refractivity contribution in [1.29, 1.82) is 0 Å². The summed E-state index contributed by atoms with van der Waals surface area (Å²) in [6.45, 7) is 10.1. The molecule has 0 radical (unpaired) electrons. The molecule has 2 aliphatic carbocycles. The van der Waals surface area contributed by atoms with Crippen molar-refractivity contribution in [2.45, 2.75) is 57.8 Å². The van der Waals surface area contributed by atoms with E-state index >= 15 is 0 Å². The second kappa shape index (κ2) is 3.45. The maximum absolute atomic E-state index is 12.0. The van der Waals surface area contributed by atoms with Crippen LogP contribution in [0.5, 0.6) is 0 Å². The molecule has 1 heterocycles. The first kappa shape index (κ1) is 12.4. The Morgan fingerprint density at radius 1 is 1.44 bits per heavy atom. The maximum atomic E-state index is 12.0. The highest BCUT2D eigenvalue weighted by molar-refractivity contribution is 5.89. The predicted molar refractivity (Wildman–Crippen MR) is 68.0 cm³/mol. The molecule has 100 valence electrons. The lowest BCUT2D eigenvalue weighted by Gasteiger charge is -2.51. The number of rotatable bonds is 1. The first-order valence-electron chi connectivity index (χ1n) is 6.83. The number of aliphatic hydroxyl groups excluding tert-OH is 1. The number of aliphatic hydroxyl groups is 1. The van der Waals surface area contributed by atoms with Gasteiger partial charge in [-0.3, -0.25) is 4.79 Å². The van der Waals surface area contributed by atoms with E-state index in [0.717, 1.165) is 18.4 Å². The van der Waals surface area contributed by atoms with Gasteiger partial charge < -0.3 is 9.84 Å². The lowest BCUT2D eigenvalue weighted by Crippen LogP contribution is -2.55. The van der Waals surface area contributed by atoms with Crippen LogP contribution in [0.2, 0.25) is 0 Å². The third kappa shape index (κ3) is 1.41. The number of carbonyl (C=O) groups excluding carboxylic acids is 1. The Bertz CT molecular complexity index is 429. The fourth-order valence-corrected chi connectivity index (χ4v) is 4.29. The summed E-state index contributed by atoms with van der Waals surface area (Å²) in [6, 6.07) is 0. The number of Topliss-reactive ketones (excluding diaryl/α,β-unsaturated/α-hetero) is 1. The van der Waals surface area contributed by atoms with Gasteiger partial charge in [0.2, 0.25) is 0 Å². The van der Waals surface area contributed by atoms with Crippen molar-refractivity contribution in [3.05, 3.63) is 12.2 Å². The van der Waals surface area contributed by atoms with E-state index < -0.39 is 6.10 Å². The fourth-order valence-electron chi connectivity index (χ4n) is 4.29. The molecule has 3 heteroatoms. The van der Waals surface area contributed by atoms with Crippen molar-refractivity contribution in [2.75, 3.05) is 0 Å². The highest BCUT2D eigenvalue weighted by atomic mass is 16.6. The number of epoxide rings is 1. The van der Waals surface area contributed by atoms with Crippen LogP contribution >= 0.6 is 0 Å². The topological polar surface area (TPSA) is 49.8 Å². The summed E-state index contributed by atoms with van der Waals surface area (Å²) in [6.07, 6.45) is 1.54. The van der Waals surface area contributed by atoms with E-state index in [4.69, 9.17) is 4.74 Å². The average Bonchev–Trinajstić information content (AvgIpc) is 2.95. The minimum atomic E-state index is -0.427. The summed E-state index contributed by atoms with van der Waals surface area (Å²) < 4.78 is 5.70. The van der Waals surface area contributed by atoms with Gasteiger partial charge >= 0.3 is 0 Å². The van der Waals surface area contributed by atoms with E-state index in [2.05, 4.69) is 13.5 Å². The Morgan fingerprint density at radius 2 is 2.11 bits per heavy atom. The zero-order valence-corrected chi connectivity index (χ0v) is 11.4. The maximum Gasteiger partial charge on any atom is 0.165 e. The largest absolute Gasteiger partial charge is 0.393 e. The van der Waals surface area contributed by atoms with Crippen LogP contribution in [0.3, 0.4) is 0 Å². The fraction of sp³-hybridized carbons (Fsp3) is 0.800. The Morgan fingerprint density at radius 3 is 2.72 bits per heavy atom. The molecule has 1 aliphatic heterocycles. The lowest BCUT2D eigenvalue weighted by atomic mass is 9.53. The minimum Gasteiger partial charge on any atom is -0.393 e. The van der Waals surface area contributed by atoms with Gasteiger partial charge in [-0.15, -0.1) is 0 Å². The van der Waals surface area contributed by atoms with Crippen LogP contribution in [0, 0.1) is 17.3 Å². The molecule has 1 N–H and O–H groups in total. The summed E-state index contributed by atoms with van der Waals surface area (Å²) >= 11 is 0. The summed E-state index contributed by atoms with van der Waals surface area (Å²) in [5.74, 6) is 0.787. The molecule has 1 unspecified atom stereocenters. The molecule has 0 aromatic rings. The number of hydrogen-bond donors (Lipinski definition) is 1. The summed E-state index contributed by atoms with van der Waals surface area (Å²) in [7, 11) is 0. The number of carbonyl (C=O) groups is 1. The van der Waals surface area contributed by atoms with Crippen molar-refractivity contribution < 1.29 is 14.6 Å². The van der Waals surface area contributed by atoms with Crippen molar-refractivity contribution in [2.24, 2.45) is 17.3 Å². The Hall–Kier alpha value is -0.670. The van der Waals surface area contributed by atoms with E-state index in [1.54, 1.807) is 0 Å². The second-order valence-corrected chi connectivity index (χ2v) is 6.91. The van der Waals surface area contributed by atoms with Crippen molar-refractivity contribution >= 4 is 5.78 Å². The molecule has 3 nitrogen and oxygen atoms in total. The molecule has 0 aromatic heterocycles. The molecule has 0 amide bonds. The molecule has 3 fully saturated rings. The van der Waals surface area contributed by atoms with Gasteiger partial charge in [0.05, 0.1) is 6.10 Å². The third-order valence-corrected chi connectivity index (χ3v) is 5.66. The molecule has 0 spiro atoms. The van der Waals surface area contributed by atoms with Gasteiger partial charge in [-0.2, -0.15) is 0 Å². The van der Waals surface area contributed by atoms with E-state index in [1.165, 1.54) is 0 Å². The van der Waals surface area contributed by atoms with Crippen LogP contribution in [-0.4, -0.2) is 28.7 Å². The van der Waals surface area contributed by atoms with Crippen LogP contribution in [0.25, 0.3) is 0 Å². The zero-order chi connectivity index (χ0) is 13.3. The molecule has 3 rings (SSSR count). The average molecular weight is 250 g/mol. The molecule has 1 saturated heterocycles. The third-order valence-electron chi connectivity index (χ3n) is 5.66. The SMILES string of the molecule is C=C(C)[C@@H]1CC2[C@](C)(CC(=O)[C@@H]3O[C@]23C)[C@H](O)C1. The number of fused-ring (bicyclic) bond motifs is 3. The Balaban J connectivity index is 1.96. The van der Waals surface area contributed by atoms with Crippen molar-refractivity contribution in [3.8, 4) is 0 Å². The normalized spacial score (nSPS) is 54.6. The van der Waals surface area contributed by atoms with Gasteiger partial charge in [-0.1, -0.05) is 19.1 Å². The van der Waals surface area contributed by atoms with Gasteiger partial charge in [-0.05, 0) is 38.5 Å². The Kier molecular flexibility index (Phi) is 2.37. The molecular weight excluding hydrogens is 228 g/mol. The first-order valence-corrected chi connectivity index (χ1v) is 6.83. The van der Waals surface area contributed by atoms with Crippen LogP contribution in [0.4, 0.5) is 0 Å². The standard InChI is InChI=1S/C15H22O3/c1-8(2)9-5-11-14(3,12(17)6-9)7-10(16)13-15(11,4)18-13/h9,11-13,17H,1,5-7H2,2-4H3/t9-,11?,12-,13+,14+,15-/m1/s1. The van der Waals surface area contributed by atoms with Crippen molar-refractivity contribution in [3.63, 3.8) is 0 Å². The molecule has 6 atom stereocenters. The summed E-state index contributed by atoms with van der Waals surface area (Å²) in [5.41, 5.74) is 0.484. The van der Waals surface area contributed by atoms with Gasteiger partial charge in [0.1, 0.15) is 11.7 Å². The van der Waals surface area contributed by atoms with E-state index in [1.807, 2.05) is 13.8 Å². The van der Waals surface area contributed by atoms with E-state index in [0.29, 0.717) is 12.3 Å². The molecule has 0 aromatic carbocycles. The van der Waals surface area contributed by atoms with Gasteiger partial charge in [0.25, 0.3) is 0 Å². The summed E-state index contributed by atoms with van der Waals surface area (Å²) in [4.78, 5) is 12.0.